The van der Waals surface area contributed by atoms with Crippen LogP contribution < -0.4 is 0 Å². The lowest BCUT2D eigenvalue weighted by atomic mass is 10.0. The molecule has 100 valence electrons. The molecule has 1 heterocycles. The first-order valence-corrected chi connectivity index (χ1v) is 5.89. The van der Waals surface area contributed by atoms with Gasteiger partial charge >= 0.3 is 5.69 Å². The number of hydrogen-bond acceptors (Lipinski definition) is 4. The van der Waals surface area contributed by atoms with Crippen LogP contribution in [0.2, 0.25) is 0 Å². The van der Waals surface area contributed by atoms with E-state index in [1.165, 1.54) is 17.1 Å². The minimum atomic E-state index is -0.738. The van der Waals surface area contributed by atoms with Crippen molar-refractivity contribution in [1.82, 2.24) is 9.78 Å². The minimum absolute atomic E-state index is 0.0763. The van der Waals surface area contributed by atoms with Gasteiger partial charge in [-0.1, -0.05) is 29.3 Å². The van der Waals surface area contributed by atoms with Crippen LogP contribution in [0.25, 0.3) is 0 Å². The quantitative estimate of drug-likeness (QED) is 0.675. The molecule has 1 aromatic heterocycles. The molecular weight excluding hydrogens is 246 g/mol. The van der Waals surface area contributed by atoms with E-state index in [4.69, 9.17) is 0 Å². The Morgan fingerprint density at radius 3 is 2.53 bits per heavy atom. The predicted octanol–water partition coefficient (Wildman–Crippen LogP) is 2.14. The highest BCUT2D eigenvalue weighted by molar-refractivity contribution is 5.30. The van der Waals surface area contributed by atoms with Crippen LogP contribution in [-0.2, 0) is 6.54 Å². The van der Waals surface area contributed by atoms with Crippen LogP contribution in [0.1, 0.15) is 22.8 Å². The first-order valence-electron chi connectivity index (χ1n) is 5.89. The molecule has 1 aromatic carbocycles. The smallest absolute Gasteiger partial charge is 0.306 e. The molecule has 2 rings (SSSR count). The highest BCUT2D eigenvalue weighted by Crippen LogP contribution is 2.19. The third kappa shape index (κ3) is 3.17. The summed E-state index contributed by atoms with van der Waals surface area (Å²) in [5, 5.41) is 24.6. The van der Waals surface area contributed by atoms with Crippen LogP contribution in [0.3, 0.4) is 0 Å². The molecule has 0 amide bonds. The highest BCUT2D eigenvalue weighted by atomic mass is 16.6. The van der Waals surface area contributed by atoms with E-state index in [-0.39, 0.29) is 12.2 Å². The molecule has 0 radical (unpaired) electrons. The van der Waals surface area contributed by atoms with Crippen molar-refractivity contribution < 1.29 is 10.0 Å². The van der Waals surface area contributed by atoms with Gasteiger partial charge in [-0.3, -0.25) is 14.8 Å². The maximum absolute atomic E-state index is 10.5. The van der Waals surface area contributed by atoms with E-state index in [1.807, 2.05) is 32.0 Å². The summed E-state index contributed by atoms with van der Waals surface area (Å²) in [6, 6.07) is 5.82. The number of aliphatic hydroxyl groups excluding tert-OH is 1. The lowest BCUT2D eigenvalue weighted by molar-refractivity contribution is -0.385. The Hall–Kier alpha value is -2.21. The zero-order valence-electron chi connectivity index (χ0n) is 10.8. The number of hydrogen-bond donors (Lipinski definition) is 1. The monoisotopic (exact) mass is 261 g/mol. The summed E-state index contributed by atoms with van der Waals surface area (Å²) in [5.41, 5.74) is 2.85. The Balaban J connectivity index is 2.15. The van der Waals surface area contributed by atoms with Gasteiger partial charge in [0.15, 0.2) is 0 Å². The Morgan fingerprint density at radius 2 is 2.00 bits per heavy atom. The lowest BCUT2D eigenvalue weighted by Gasteiger charge is -2.12. The van der Waals surface area contributed by atoms with E-state index in [0.717, 1.165) is 16.7 Å². The molecule has 1 atom stereocenters. The van der Waals surface area contributed by atoms with Crippen LogP contribution in [0.4, 0.5) is 5.69 Å². The maximum Gasteiger partial charge on any atom is 0.306 e. The molecule has 1 N–H and O–H groups in total. The molecule has 0 aliphatic heterocycles. The van der Waals surface area contributed by atoms with E-state index < -0.39 is 11.0 Å². The largest absolute Gasteiger partial charge is 0.386 e. The van der Waals surface area contributed by atoms with Crippen molar-refractivity contribution in [3.63, 3.8) is 0 Å². The second kappa shape index (κ2) is 5.19. The number of rotatable bonds is 4. The SMILES string of the molecule is Cc1cc(C)cc(C(O)Cn2cc([N+](=O)[O-])cn2)c1. The highest BCUT2D eigenvalue weighted by Gasteiger charge is 2.13. The summed E-state index contributed by atoms with van der Waals surface area (Å²) in [6.07, 6.45) is 1.75. The molecule has 19 heavy (non-hydrogen) atoms. The van der Waals surface area contributed by atoms with Gasteiger partial charge in [-0.25, -0.2) is 0 Å². The number of aromatic nitrogens is 2. The molecule has 0 aliphatic rings. The summed E-state index contributed by atoms with van der Waals surface area (Å²) < 4.78 is 1.38. The second-order valence-electron chi connectivity index (χ2n) is 4.61. The molecule has 6 nitrogen and oxygen atoms in total. The van der Waals surface area contributed by atoms with Gasteiger partial charge in [0.25, 0.3) is 0 Å². The standard InChI is InChI=1S/C13H15N3O3/c1-9-3-10(2)5-11(4-9)13(17)8-15-7-12(6-14-15)16(18)19/h3-7,13,17H,8H2,1-2H3. The van der Waals surface area contributed by atoms with Crippen molar-refractivity contribution >= 4 is 5.69 Å². The number of aryl methyl sites for hydroxylation is 2. The molecule has 0 fully saturated rings. The van der Waals surface area contributed by atoms with Crippen LogP contribution in [-0.4, -0.2) is 19.8 Å². The van der Waals surface area contributed by atoms with Gasteiger partial charge in [-0.2, -0.15) is 5.10 Å². The normalized spacial score (nSPS) is 12.4. The third-order valence-electron chi connectivity index (χ3n) is 2.82. The Morgan fingerprint density at radius 1 is 1.37 bits per heavy atom. The predicted molar refractivity (Wildman–Crippen MR) is 69.8 cm³/mol. The summed E-state index contributed by atoms with van der Waals surface area (Å²) in [5.74, 6) is 0. The van der Waals surface area contributed by atoms with Crippen LogP contribution in [0.5, 0.6) is 0 Å². The van der Waals surface area contributed by atoms with Gasteiger partial charge < -0.3 is 5.11 Å². The van der Waals surface area contributed by atoms with Crippen molar-refractivity contribution in [2.45, 2.75) is 26.5 Å². The van der Waals surface area contributed by atoms with Gasteiger partial charge in [0.2, 0.25) is 0 Å². The zero-order chi connectivity index (χ0) is 14.0. The van der Waals surface area contributed by atoms with E-state index in [0.29, 0.717) is 0 Å². The van der Waals surface area contributed by atoms with Gasteiger partial charge in [-0.05, 0) is 19.4 Å². The fourth-order valence-electron chi connectivity index (χ4n) is 2.03. The summed E-state index contributed by atoms with van der Waals surface area (Å²) in [4.78, 5) is 10.0. The van der Waals surface area contributed by atoms with Gasteiger partial charge in [0.05, 0.1) is 17.6 Å². The second-order valence-corrected chi connectivity index (χ2v) is 4.61. The molecular formula is C13H15N3O3. The van der Waals surface area contributed by atoms with Gasteiger partial charge in [0, 0.05) is 0 Å². The van der Waals surface area contributed by atoms with E-state index >= 15 is 0 Å². The van der Waals surface area contributed by atoms with E-state index in [1.54, 1.807) is 0 Å². The summed E-state index contributed by atoms with van der Waals surface area (Å²) in [6.45, 7) is 4.11. The molecule has 0 saturated heterocycles. The van der Waals surface area contributed by atoms with E-state index in [2.05, 4.69) is 5.10 Å². The van der Waals surface area contributed by atoms with Crippen molar-refractivity contribution in [3.05, 3.63) is 57.4 Å². The Labute approximate surface area is 110 Å². The average Bonchev–Trinajstić information content (AvgIpc) is 2.76. The van der Waals surface area contributed by atoms with Crippen LogP contribution in [0.15, 0.2) is 30.6 Å². The van der Waals surface area contributed by atoms with Crippen LogP contribution in [0, 0.1) is 24.0 Å². The zero-order valence-corrected chi connectivity index (χ0v) is 10.8. The number of nitro groups is 1. The first-order chi connectivity index (χ1) is 8.95. The van der Waals surface area contributed by atoms with Crippen molar-refractivity contribution in [2.24, 2.45) is 0 Å². The Bertz CT molecular complexity index is 587. The van der Waals surface area contributed by atoms with Gasteiger partial charge in [0.1, 0.15) is 12.4 Å². The van der Waals surface area contributed by atoms with Crippen molar-refractivity contribution in [1.29, 1.82) is 0 Å². The van der Waals surface area contributed by atoms with Crippen molar-refractivity contribution in [2.75, 3.05) is 0 Å². The topological polar surface area (TPSA) is 81.2 Å². The molecule has 0 aliphatic carbocycles. The summed E-state index contributed by atoms with van der Waals surface area (Å²) in [7, 11) is 0. The molecule has 6 heteroatoms. The summed E-state index contributed by atoms with van der Waals surface area (Å²) >= 11 is 0. The fraction of sp³-hybridized carbons (Fsp3) is 0.308. The maximum atomic E-state index is 10.5. The van der Waals surface area contributed by atoms with E-state index in [9.17, 15) is 15.2 Å². The molecule has 0 bridgehead atoms. The number of benzene rings is 1. The Kier molecular flexibility index (Phi) is 3.62. The first kappa shape index (κ1) is 13.2. The van der Waals surface area contributed by atoms with Crippen LogP contribution >= 0.6 is 0 Å². The molecule has 0 spiro atoms. The molecule has 2 aromatic rings. The number of nitrogens with zero attached hydrogens (tertiary/aromatic N) is 3. The third-order valence-corrected chi connectivity index (χ3v) is 2.82. The van der Waals surface area contributed by atoms with Gasteiger partial charge in [-0.15, -0.1) is 0 Å². The van der Waals surface area contributed by atoms with Crippen molar-refractivity contribution in [3.8, 4) is 0 Å². The number of aliphatic hydroxyl groups is 1. The molecule has 1 unspecified atom stereocenters. The average molecular weight is 261 g/mol. The fourth-order valence-corrected chi connectivity index (χ4v) is 2.03. The molecule has 0 saturated carbocycles. The minimum Gasteiger partial charge on any atom is -0.386 e. The lowest BCUT2D eigenvalue weighted by Crippen LogP contribution is -2.09.